The monoisotopic (exact) mass is 331 g/mol. The van der Waals surface area contributed by atoms with Crippen LogP contribution in [0.2, 0.25) is 0 Å². The second kappa shape index (κ2) is 5.53. The maximum atomic E-state index is 12.7. The lowest BCUT2D eigenvalue weighted by Gasteiger charge is -2.27. The fourth-order valence-corrected chi connectivity index (χ4v) is 2.93. The molecule has 0 aliphatic carbocycles. The molecule has 0 bridgehead atoms. The van der Waals surface area contributed by atoms with E-state index in [-0.39, 0.29) is 29.5 Å². The fraction of sp³-hybridized carbons (Fsp3) is 0.267. The van der Waals surface area contributed by atoms with Crippen LogP contribution in [-0.2, 0) is 14.4 Å². The molecule has 1 aromatic carbocycles. The van der Waals surface area contributed by atoms with Crippen LogP contribution < -0.4 is 11.1 Å². The third kappa shape index (κ3) is 2.26. The zero-order chi connectivity index (χ0) is 17.6. The van der Waals surface area contributed by atoms with Crippen LogP contribution in [0.25, 0.3) is 0 Å². The quantitative estimate of drug-likeness (QED) is 0.612. The lowest BCUT2D eigenvalue weighted by molar-refractivity contribution is -0.139. The van der Waals surface area contributed by atoms with Gasteiger partial charge in [-0.3, -0.25) is 34.2 Å². The molecule has 9 nitrogen and oxygen atoms in total. The Balaban J connectivity index is 2.03. The predicted octanol–water partition coefficient (Wildman–Crippen LogP) is -0.828. The molecule has 2 unspecified atom stereocenters. The van der Waals surface area contributed by atoms with Gasteiger partial charge in [0.05, 0.1) is 11.1 Å². The van der Waals surface area contributed by atoms with Gasteiger partial charge in [-0.05, 0) is 18.1 Å². The van der Waals surface area contributed by atoms with E-state index in [1.807, 2.05) is 0 Å². The van der Waals surface area contributed by atoms with Crippen LogP contribution in [0.4, 0.5) is 0 Å². The minimum atomic E-state index is -1.47. The summed E-state index contributed by atoms with van der Waals surface area (Å²) in [6.45, 7) is 0. The second-order valence-corrected chi connectivity index (χ2v) is 5.53. The molecule has 2 atom stereocenters. The zero-order valence-corrected chi connectivity index (χ0v) is 12.3. The van der Waals surface area contributed by atoms with E-state index in [1.54, 1.807) is 0 Å². The van der Waals surface area contributed by atoms with E-state index in [9.17, 15) is 24.0 Å². The van der Waals surface area contributed by atoms with Gasteiger partial charge in [-0.25, -0.2) is 0 Å². The summed E-state index contributed by atoms with van der Waals surface area (Å²) in [5.74, 6) is -4.03. The molecule has 9 heteroatoms. The van der Waals surface area contributed by atoms with Gasteiger partial charge in [0.1, 0.15) is 12.1 Å². The van der Waals surface area contributed by atoms with Crippen LogP contribution in [0, 0.1) is 0 Å². The van der Waals surface area contributed by atoms with E-state index < -0.39 is 41.7 Å². The molecule has 2 heterocycles. The van der Waals surface area contributed by atoms with Crippen LogP contribution in [0.5, 0.6) is 0 Å². The van der Waals surface area contributed by atoms with Crippen molar-refractivity contribution in [2.75, 3.05) is 0 Å². The van der Waals surface area contributed by atoms with Crippen LogP contribution in [0.15, 0.2) is 18.2 Å². The Morgan fingerprint density at radius 1 is 1.25 bits per heavy atom. The van der Waals surface area contributed by atoms with Crippen LogP contribution in [0.3, 0.4) is 0 Å². The van der Waals surface area contributed by atoms with Gasteiger partial charge in [0.15, 0.2) is 0 Å². The van der Waals surface area contributed by atoms with E-state index in [4.69, 9.17) is 10.8 Å². The minimum absolute atomic E-state index is 0.00102. The number of fused-ring (bicyclic) bond motifs is 1. The number of carboxylic acid groups (broad SMARTS) is 1. The molecule has 2 aliphatic heterocycles. The smallest absolute Gasteiger partial charge is 0.325 e. The maximum absolute atomic E-state index is 12.7. The first-order valence-corrected chi connectivity index (χ1v) is 7.15. The second-order valence-electron chi connectivity index (χ2n) is 5.53. The number of benzene rings is 1. The van der Waals surface area contributed by atoms with Crippen LogP contribution >= 0.6 is 0 Å². The average Bonchev–Trinajstić information content (AvgIpc) is 2.79. The molecule has 24 heavy (non-hydrogen) atoms. The number of nitrogens with one attached hydrogen (secondary N) is 1. The minimum Gasteiger partial charge on any atom is -0.480 e. The van der Waals surface area contributed by atoms with Gasteiger partial charge in [-0.2, -0.15) is 0 Å². The molecule has 124 valence electrons. The molecule has 0 radical (unpaired) electrons. The Hall–Kier alpha value is -3.07. The highest BCUT2D eigenvalue weighted by Gasteiger charge is 2.46. The van der Waals surface area contributed by atoms with Crippen molar-refractivity contribution >= 4 is 29.6 Å². The van der Waals surface area contributed by atoms with Crippen molar-refractivity contribution < 1.29 is 29.1 Å². The summed E-state index contributed by atoms with van der Waals surface area (Å²) in [5.41, 5.74) is 5.48. The molecule has 0 saturated carbocycles. The molecule has 1 saturated heterocycles. The number of imide groups is 2. The van der Waals surface area contributed by atoms with Gasteiger partial charge in [0.25, 0.3) is 11.8 Å². The van der Waals surface area contributed by atoms with E-state index >= 15 is 0 Å². The Kier molecular flexibility index (Phi) is 3.64. The summed E-state index contributed by atoms with van der Waals surface area (Å²) in [5, 5.41) is 11.2. The average molecular weight is 331 g/mol. The lowest BCUT2D eigenvalue weighted by Crippen LogP contribution is -2.54. The first-order chi connectivity index (χ1) is 11.3. The van der Waals surface area contributed by atoms with Crippen molar-refractivity contribution in [2.45, 2.75) is 24.9 Å². The van der Waals surface area contributed by atoms with Crippen LogP contribution in [-0.4, -0.2) is 45.6 Å². The van der Waals surface area contributed by atoms with Crippen molar-refractivity contribution in [2.24, 2.45) is 5.73 Å². The van der Waals surface area contributed by atoms with Gasteiger partial charge >= 0.3 is 5.97 Å². The molecule has 2 aliphatic rings. The third-order valence-corrected chi connectivity index (χ3v) is 4.10. The third-order valence-electron chi connectivity index (χ3n) is 4.10. The summed E-state index contributed by atoms with van der Waals surface area (Å²) in [7, 11) is 0. The summed E-state index contributed by atoms with van der Waals surface area (Å²) < 4.78 is 0. The largest absolute Gasteiger partial charge is 0.480 e. The SMILES string of the molecule is NC(C(=O)O)c1cccc2c1C(=O)N(C1CCC(=O)NC1=O)C2=O. The van der Waals surface area contributed by atoms with Gasteiger partial charge in [0.2, 0.25) is 11.8 Å². The molecule has 0 spiro atoms. The first kappa shape index (κ1) is 15.8. The Morgan fingerprint density at radius 3 is 2.58 bits per heavy atom. The van der Waals surface area contributed by atoms with E-state index in [0.29, 0.717) is 0 Å². The topological polar surface area (TPSA) is 147 Å². The highest BCUT2D eigenvalue weighted by Crippen LogP contribution is 2.31. The van der Waals surface area contributed by atoms with Gasteiger partial charge in [-0.1, -0.05) is 12.1 Å². The number of amides is 4. The van der Waals surface area contributed by atoms with Gasteiger partial charge < -0.3 is 10.8 Å². The molecular formula is C15H13N3O6. The Bertz CT molecular complexity index is 802. The molecule has 1 aromatic rings. The van der Waals surface area contributed by atoms with E-state index in [0.717, 1.165) is 4.90 Å². The number of nitrogens with two attached hydrogens (primary N) is 1. The number of aliphatic carboxylic acids is 1. The molecule has 0 aromatic heterocycles. The number of rotatable bonds is 3. The van der Waals surface area contributed by atoms with Gasteiger partial charge in [0, 0.05) is 6.42 Å². The summed E-state index contributed by atoms with van der Waals surface area (Å²) in [6, 6.07) is 1.58. The summed E-state index contributed by atoms with van der Waals surface area (Å²) in [4.78, 5) is 60.3. The zero-order valence-electron chi connectivity index (χ0n) is 12.3. The number of carbonyl (C=O) groups is 5. The fourth-order valence-electron chi connectivity index (χ4n) is 2.93. The lowest BCUT2D eigenvalue weighted by atomic mass is 9.97. The van der Waals surface area contributed by atoms with E-state index in [2.05, 4.69) is 5.32 Å². The van der Waals surface area contributed by atoms with E-state index in [1.165, 1.54) is 18.2 Å². The number of hydrogen-bond acceptors (Lipinski definition) is 6. The van der Waals surface area contributed by atoms with Crippen molar-refractivity contribution in [3.8, 4) is 0 Å². The summed E-state index contributed by atoms with van der Waals surface area (Å²) >= 11 is 0. The first-order valence-electron chi connectivity index (χ1n) is 7.15. The highest BCUT2D eigenvalue weighted by atomic mass is 16.4. The number of carboxylic acids is 1. The van der Waals surface area contributed by atoms with Crippen LogP contribution in [0.1, 0.15) is 45.2 Å². The normalized spacial score (nSPS) is 21.5. The molecule has 4 amide bonds. The molecule has 1 fully saturated rings. The van der Waals surface area contributed by atoms with Crippen molar-refractivity contribution in [3.63, 3.8) is 0 Å². The predicted molar refractivity (Wildman–Crippen MR) is 77.7 cm³/mol. The standard InChI is InChI=1S/C15H13N3O6/c16-11(15(23)24)6-2-1-3-7-10(6)14(22)18(13(7)21)8-4-5-9(19)17-12(8)20/h1-3,8,11H,4-5,16H2,(H,23,24)(H,17,19,20). The Labute approximate surface area is 135 Å². The number of piperidine rings is 1. The number of nitrogens with zero attached hydrogens (tertiary/aromatic N) is 1. The number of hydrogen-bond donors (Lipinski definition) is 3. The Morgan fingerprint density at radius 2 is 1.96 bits per heavy atom. The summed E-state index contributed by atoms with van der Waals surface area (Å²) in [6.07, 6.45) is 0.0295. The molecule has 4 N–H and O–H groups in total. The number of carbonyl (C=O) groups excluding carboxylic acids is 4. The maximum Gasteiger partial charge on any atom is 0.325 e. The molecular weight excluding hydrogens is 318 g/mol. The van der Waals surface area contributed by atoms with Gasteiger partial charge in [-0.15, -0.1) is 0 Å². The van der Waals surface area contributed by atoms with Crippen molar-refractivity contribution in [1.82, 2.24) is 10.2 Å². The van der Waals surface area contributed by atoms with Crippen molar-refractivity contribution in [1.29, 1.82) is 0 Å². The highest BCUT2D eigenvalue weighted by molar-refractivity contribution is 6.24. The van der Waals surface area contributed by atoms with Crippen molar-refractivity contribution in [3.05, 3.63) is 34.9 Å². The molecule has 3 rings (SSSR count).